The molecule has 1 heterocycles. The van der Waals surface area contributed by atoms with Crippen molar-refractivity contribution in [1.29, 1.82) is 0 Å². The van der Waals surface area contributed by atoms with Gasteiger partial charge in [-0.2, -0.15) is 0 Å². The summed E-state index contributed by atoms with van der Waals surface area (Å²) in [5, 5.41) is 2.97. The molecule has 0 aromatic heterocycles. The third-order valence-electron chi connectivity index (χ3n) is 4.62. The minimum Gasteiger partial charge on any atom is -0.346 e. The van der Waals surface area contributed by atoms with Gasteiger partial charge in [-0.05, 0) is 48.7 Å². The van der Waals surface area contributed by atoms with E-state index in [4.69, 9.17) is 0 Å². The smallest absolute Gasteiger partial charge is 0.247 e. The summed E-state index contributed by atoms with van der Waals surface area (Å²) >= 11 is 0. The zero-order chi connectivity index (χ0) is 18.5. The van der Waals surface area contributed by atoms with Crippen LogP contribution in [0.1, 0.15) is 30.5 Å². The minimum atomic E-state index is -0.288. The monoisotopic (exact) mass is 356 g/mol. The van der Waals surface area contributed by atoms with Gasteiger partial charge in [-0.25, -0.2) is 8.78 Å². The fourth-order valence-electron chi connectivity index (χ4n) is 3.03. The highest BCUT2D eigenvalue weighted by Crippen LogP contribution is 2.17. The van der Waals surface area contributed by atoms with Crippen molar-refractivity contribution in [3.63, 3.8) is 0 Å². The second-order valence-corrected chi connectivity index (χ2v) is 6.59. The molecule has 26 heavy (non-hydrogen) atoms. The van der Waals surface area contributed by atoms with Crippen LogP contribution in [-0.4, -0.2) is 23.9 Å². The van der Waals surface area contributed by atoms with E-state index in [0.29, 0.717) is 13.0 Å². The quantitative estimate of drug-likeness (QED) is 0.879. The molecular formula is C21H22F2N2O. The van der Waals surface area contributed by atoms with Crippen LogP contribution in [-0.2, 0) is 11.3 Å². The van der Waals surface area contributed by atoms with E-state index in [1.807, 2.05) is 13.0 Å². The Morgan fingerprint density at radius 2 is 1.69 bits per heavy atom. The Balaban J connectivity index is 1.53. The van der Waals surface area contributed by atoms with Crippen molar-refractivity contribution in [2.45, 2.75) is 25.9 Å². The minimum absolute atomic E-state index is 0.0803. The van der Waals surface area contributed by atoms with Crippen molar-refractivity contribution < 1.29 is 13.6 Å². The number of halogens is 2. The molecule has 2 aromatic rings. The van der Waals surface area contributed by atoms with Crippen LogP contribution in [0.2, 0.25) is 0 Å². The zero-order valence-electron chi connectivity index (χ0n) is 14.7. The molecule has 1 amide bonds. The molecule has 0 radical (unpaired) electrons. The van der Waals surface area contributed by atoms with E-state index >= 15 is 0 Å². The third-order valence-corrected chi connectivity index (χ3v) is 4.62. The predicted octanol–water partition coefficient (Wildman–Crippen LogP) is 3.97. The second-order valence-electron chi connectivity index (χ2n) is 6.59. The first-order valence-corrected chi connectivity index (χ1v) is 8.73. The van der Waals surface area contributed by atoms with Crippen LogP contribution in [0.5, 0.6) is 0 Å². The molecule has 2 aromatic carbocycles. The highest BCUT2D eigenvalue weighted by molar-refractivity contribution is 5.93. The molecule has 0 spiro atoms. The van der Waals surface area contributed by atoms with Crippen molar-refractivity contribution in [1.82, 2.24) is 10.2 Å². The van der Waals surface area contributed by atoms with Crippen LogP contribution in [0.25, 0.3) is 0 Å². The predicted molar refractivity (Wildman–Crippen MR) is 97.3 cm³/mol. The Bertz CT molecular complexity index is 785. The number of rotatable bonds is 5. The molecule has 1 atom stereocenters. The Labute approximate surface area is 152 Å². The number of benzene rings is 2. The SMILES string of the molecule is CC(NC(=O)C1=CCN(Cc2ccc(F)cc2)CC1)c1ccc(F)cc1. The van der Waals surface area contributed by atoms with Gasteiger partial charge in [0.05, 0.1) is 6.04 Å². The molecule has 0 saturated carbocycles. The molecular weight excluding hydrogens is 334 g/mol. The summed E-state index contributed by atoms with van der Waals surface area (Å²) in [6.07, 6.45) is 2.61. The Morgan fingerprint density at radius 1 is 1.08 bits per heavy atom. The van der Waals surface area contributed by atoms with Crippen molar-refractivity contribution in [2.24, 2.45) is 0 Å². The number of carbonyl (C=O) groups is 1. The lowest BCUT2D eigenvalue weighted by Crippen LogP contribution is -2.34. The number of amides is 1. The lowest BCUT2D eigenvalue weighted by atomic mass is 10.0. The van der Waals surface area contributed by atoms with Gasteiger partial charge in [-0.1, -0.05) is 30.3 Å². The highest BCUT2D eigenvalue weighted by atomic mass is 19.1. The van der Waals surface area contributed by atoms with Gasteiger partial charge in [-0.3, -0.25) is 9.69 Å². The maximum atomic E-state index is 13.0. The van der Waals surface area contributed by atoms with Gasteiger partial charge in [0, 0.05) is 25.2 Å². The van der Waals surface area contributed by atoms with Crippen molar-refractivity contribution in [3.05, 3.63) is 82.9 Å². The van der Waals surface area contributed by atoms with Crippen molar-refractivity contribution in [2.75, 3.05) is 13.1 Å². The fraction of sp³-hybridized carbons (Fsp3) is 0.286. The number of nitrogens with one attached hydrogen (secondary N) is 1. The van der Waals surface area contributed by atoms with Crippen molar-refractivity contribution >= 4 is 5.91 Å². The molecule has 1 N–H and O–H groups in total. The van der Waals surface area contributed by atoms with E-state index in [2.05, 4.69) is 10.2 Å². The first kappa shape index (κ1) is 18.3. The standard InChI is InChI=1S/C21H22F2N2O/c1-15(17-4-8-20(23)9-5-17)24-21(26)18-10-12-25(13-11-18)14-16-2-6-19(22)7-3-16/h2-10,15H,11-14H2,1H3,(H,24,26). The van der Waals surface area contributed by atoms with Crippen LogP contribution in [0, 0.1) is 11.6 Å². The zero-order valence-corrected chi connectivity index (χ0v) is 14.7. The molecule has 1 aliphatic heterocycles. The summed E-state index contributed by atoms with van der Waals surface area (Å²) in [6, 6.07) is 12.5. The highest BCUT2D eigenvalue weighted by Gasteiger charge is 2.19. The van der Waals surface area contributed by atoms with Crippen LogP contribution in [0.4, 0.5) is 8.78 Å². The van der Waals surface area contributed by atoms with Crippen LogP contribution in [0.3, 0.4) is 0 Å². The van der Waals surface area contributed by atoms with Crippen LogP contribution >= 0.6 is 0 Å². The summed E-state index contributed by atoms with van der Waals surface area (Å²) in [7, 11) is 0. The van der Waals surface area contributed by atoms with E-state index in [1.165, 1.54) is 24.3 Å². The maximum absolute atomic E-state index is 13.0. The average molecular weight is 356 g/mol. The first-order chi connectivity index (χ1) is 12.5. The number of hydrogen-bond acceptors (Lipinski definition) is 2. The van der Waals surface area contributed by atoms with Gasteiger partial charge in [-0.15, -0.1) is 0 Å². The maximum Gasteiger partial charge on any atom is 0.247 e. The Kier molecular flexibility index (Phi) is 5.78. The molecule has 0 saturated heterocycles. The molecule has 1 aliphatic rings. The topological polar surface area (TPSA) is 32.3 Å². The van der Waals surface area contributed by atoms with Gasteiger partial charge in [0.15, 0.2) is 0 Å². The molecule has 136 valence electrons. The number of carbonyl (C=O) groups excluding carboxylic acids is 1. The van der Waals surface area contributed by atoms with Crippen LogP contribution < -0.4 is 5.32 Å². The van der Waals surface area contributed by atoms with E-state index in [-0.39, 0.29) is 23.6 Å². The molecule has 0 bridgehead atoms. The normalized spacial score (nSPS) is 16.0. The summed E-state index contributed by atoms with van der Waals surface area (Å²) in [4.78, 5) is 14.7. The molecule has 0 aliphatic carbocycles. The van der Waals surface area contributed by atoms with E-state index in [9.17, 15) is 13.6 Å². The lowest BCUT2D eigenvalue weighted by Gasteiger charge is -2.26. The van der Waals surface area contributed by atoms with Gasteiger partial charge >= 0.3 is 0 Å². The fourth-order valence-corrected chi connectivity index (χ4v) is 3.03. The van der Waals surface area contributed by atoms with Gasteiger partial charge in [0.1, 0.15) is 11.6 Å². The van der Waals surface area contributed by atoms with Gasteiger partial charge in [0.25, 0.3) is 0 Å². The van der Waals surface area contributed by atoms with E-state index in [1.54, 1.807) is 24.3 Å². The Morgan fingerprint density at radius 3 is 2.27 bits per heavy atom. The van der Waals surface area contributed by atoms with Crippen LogP contribution in [0.15, 0.2) is 60.2 Å². The first-order valence-electron chi connectivity index (χ1n) is 8.73. The van der Waals surface area contributed by atoms with E-state index in [0.717, 1.165) is 29.8 Å². The van der Waals surface area contributed by atoms with E-state index < -0.39 is 0 Å². The van der Waals surface area contributed by atoms with Crippen molar-refractivity contribution in [3.8, 4) is 0 Å². The number of hydrogen-bond donors (Lipinski definition) is 1. The molecule has 3 rings (SSSR count). The average Bonchev–Trinajstić information content (AvgIpc) is 2.64. The summed E-state index contributed by atoms with van der Waals surface area (Å²) in [5.74, 6) is -0.603. The largest absolute Gasteiger partial charge is 0.346 e. The summed E-state index contributed by atoms with van der Waals surface area (Å²) in [6.45, 7) is 4.08. The summed E-state index contributed by atoms with van der Waals surface area (Å²) in [5.41, 5.74) is 2.70. The number of nitrogens with zero attached hydrogens (tertiary/aromatic N) is 1. The molecule has 0 fully saturated rings. The van der Waals surface area contributed by atoms with Gasteiger partial charge < -0.3 is 5.32 Å². The summed E-state index contributed by atoms with van der Waals surface area (Å²) < 4.78 is 26.0. The third kappa shape index (κ3) is 4.76. The molecule has 5 heteroatoms. The lowest BCUT2D eigenvalue weighted by molar-refractivity contribution is -0.118. The Hall–Kier alpha value is -2.53. The van der Waals surface area contributed by atoms with Gasteiger partial charge in [0.2, 0.25) is 5.91 Å². The second kappa shape index (κ2) is 8.23. The molecule has 1 unspecified atom stereocenters. The molecule has 3 nitrogen and oxygen atoms in total.